The summed E-state index contributed by atoms with van der Waals surface area (Å²) in [6.45, 7) is 0. The van der Waals surface area contributed by atoms with Crippen molar-refractivity contribution in [1.82, 2.24) is 10.2 Å². The molecular weight excluding hydrogens is 362 g/mol. The molecule has 1 N–H and O–H groups in total. The van der Waals surface area contributed by atoms with Crippen LogP contribution in [0.1, 0.15) is 18.4 Å². The first-order valence-corrected chi connectivity index (χ1v) is 9.61. The lowest BCUT2D eigenvalue weighted by molar-refractivity contribution is -0.116. The molecule has 0 bridgehead atoms. The molecule has 0 fully saturated rings. The van der Waals surface area contributed by atoms with Crippen LogP contribution in [0.25, 0.3) is 22.9 Å². The minimum absolute atomic E-state index is 0.00594. The van der Waals surface area contributed by atoms with Gasteiger partial charge in [-0.2, -0.15) is 0 Å². The van der Waals surface area contributed by atoms with Gasteiger partial charge in [0.25, 0.3) is 0 Å². The van der Waals surface area contributed by atoms with Crippen LogP contribution < -0.4 is 5.32 Å². The van der Waals surface area contributed by atoms with Gasteiger partial charge in [0.05, 0.1) is 0 Å². The molecule has 0 saturated carbocycles. The average molecular weight is 383 g/mol. The fourth-order valence-electron chi connectivity index (χ4n) is 3.09. The maximum Gasteiger partial charge on any atom is 0.248 e. The molecule has 4 rings (SSSR count). The van der Waals surface area contributed by atoms with Crippen molar-refractivity contribution < 1.29 is 9.21 Å². The first-order valence-electron chi connectivity index (χ1n) is 9.61. The highest BCUT2D eigenvalue weighted by molar-refractivity contribution is 5.91. The number of benzene rings is 3. The molecular formula is C24H21N3O2. The summed E-state index contributed by atoms with van der Waals surface area (Å²) in [7, 11) is 0. The van der Waals surface area contributed by atoms with Crippen LogP contribution in [0.4, 0.5) is 5.69 Å². The Morgan fingerprint density at radius 3 is 2.21 bits per heavy atom. The number of aryl methyl sites for hydroxylation is 1. The Bertz CT molecular complexity index is 1080. The predicted molar refractivity (Wildman–Crippen MR) is 113 cm³/mol. The Morgan fingerprint density at radius 2 is 1.45 bits per heavy atom. The Kier molecular flexibility index (Phi) is 5.76. The van der Waals surface area contributed by atoms with E-state index in [1.807, 2.05) is 72.8 Å². The van der Waals surface area contributed by atoms with Gasteiger partial charge in [0.15, 0.2) is 0 Å². The molecule has 144 valence electrons. The number of aromatic nitrogens is 2. The average Bonchev–Trinajstić information content (AvgIpc) is 3.26. The summed E-state index contributed by atoms with van der Waals surface area (Å²) < 4.78 is 5.79. The number of rotatable bonds is 7. The van der Waals surface area contributed by atoms with Crippen molar-refractivity contribution in [2.45, 2.75) is 19.3 Å². The quantitative estimate of drug-likeness (QED) is 0.466. The number of amides is 1. The summed E-state index contributed by atoms with van der Waals surface area (Å²) in [5.74, 6) is 0.883. The highest BCUT2D eigenvalue weighted by Gasteiger charge is 2.11. The molecule has 0 spiro atoms. The minimum atomic E-state index is -0.00594. The summed E-state index contributed by atoms with van der Waals surface area (Å²) >= 11 is 0. The fraction of sp³-hybridized carbons (Fsp3) is 0.125. The van der Waals surface area contributed by atoms with E-state index in [-0.39, 0.29) is 5.91 Å². The van der Waals surface area contributed by atoms with Crippen molar-refractivity contribution in [2.75, 3.05) is 5.32 Å². The highest BCUT2D eigenvalue weighted by Crippen LogP contribution is 2.25. The molecule has 29 heavy (non-hydrogen) atoms. The molecule has 0 unspecified atom stereocenters. The van der Waals surface area contributed by atoms with Crippen LogP contribution in [0.5, 0.6) is 0 Å². The molecule has 0 saturated heterocycles. The van der Waals surface area contributed by atoms with Crippen LogP contribution in [0.3, 0.4) is 0 Å². The van der Waals surface area contributed by atoms with Crippen molar-refractivity contribution >= 4 is 11.6 Å². The van der Waals surface area contributed by atoms with Crippen molar-refractivity contribution in [1.29, 1.82) is 0 Å². The molecule has 5 nitrogen and oxygen atoms in total. The third-order valence-corrected chi connectivity index (χ3v) is 4.55. The van der Waals surface area contributed by atoms with Gasteiger partial charge >= 0.3 is 0 Å². The summed E-state index contributed by atoms with van der Waals surface area (Å²) in [5, 5.41) is 11.2. The number of hydrogen-bond donors (Lipinski definition) is 1. The first kappa shape index (κ1) is 18.6. The lowest BCUT2D eigenvalue weighted by atomic mass is 10.1. The topological polar surface area (TPSA) is 68.0 Å². The van der Waals surface area contributed by atoms with Gasteiger partial charge in [0.1, 0.15) is 0 Å². The second-order valence-corrected chi connectivity index (χ2v) is 6.75. The van der Waals surface area contributed by atoms with Crippen molar-refractivity contribution in [3.63, 3.8) is 0 Å². The van der Waals surface area contributed by atoms with E-state index < -0.39 is 0 Å². The van der Waals surface area contributed by atoms with E-state index in [9.17, 15) is 4.79 Å². The molecule has 0 atom stereocenters. The number of hydrogen-bond acceptors (Lipinski definition) is 4. The molecule has 0 aliphatic carbocycles. The molecule has 0 aliphatic rings. The summed E-state index contributed by atoms with van der Waals surface area (Å²) in [6, 6.07) is 27.3. The molecule has 4 aromatic rings. The van der Waals surface area contributed by atoms with E-state index in [4.69, 9.17) is 4.42 Å². The van der Waals surface area contributed by atoms with Crippen molar-refractivity contribution in [3.05, 3.63) is 90.5 Å². The van der Waals surface area contributed by atoms with E-state index >= 15 is 0 Å². The standard InChI is InChI=1S/C24H21N3O2/c28-22(16-7-11-18-9-3-1-4-10-18)25-21-15-8-14-20(17-21)24-27-26-23(29-24)19-12-5-2-6-13-19/h1-6,8-10,12-15,17H,7,11,16H2,(H,25,28). The minimum Gasteiger partial charge on any atom is -0.416 e. The predicted octanol–water partition coefficient (Wildman–Crippen LogP) is 5.37. The molecule has 1 aromatic heterocycles. The number of anilines is 1. The maximum atomic E-state index is 12.3. The third kappa shape index (κ3) is 4.96. The van der Waals surface area contributed by atoms with Gasteiger partial charge in [0, 0.05) is 23.2 Å². The Balaban J connectivity index is 1.37. The highest BCUT2D eigenvalue weighted by atomic mass is 16.4. The lowest BCUT2D eigenvalue weighted by Gasteiger charge is -2.06. The summed E-state index contributed by atoms with van der Waals surface area (Å²) in [5.41, 5.74) is 3.59. The van der Waals surface area contributed by atoms with E-state index in [0.29, 0.717) is 23.9 Å². The van der Waals surface area contributed by atoms with Crippen LogP contribution >= 0.6 is 0 Å². The lowest BCUT2D eigenvalue weighted by Crippen LogP contribution is -2.11. The van der Waals surface area contributed by atoms with Crippen molar-refractivity contribution in [3.8, 4) is 22.9 Å². The monoisotopic (exact) mass is 383 g/mol. The van der Waals surface area contributed by atoms with Gasteiger partial charge in [-0.15, -0.1) is 10.2 Å². The van der Waals surface area contributed by atoms with Crippen LogP contribution in [0.2, 0.25) is 0 Å². The van der Waals surface area contributed by atoms with Crippen LogP contribution in [-0.4, -0.2) is 16.1 Å². The van der Waals surface area contributed by atoms with Gasteiger partial charge < -0.3 is 9.73 Å². The SMILES string of the molecule is O=C(CCCc1ccccc1)Nc1cccc(-c2nnc(-c3ccccc3)o2)c1. The largest absolute Gasteiger partial charge is 0.416 e. The fourth-order valence-corrected chi connectivity index (χ4v) is 3.09. The maximum absolute atomic E-state index is 12.3. The van der Waals surface area contributed by atoms with Crippen molar-refractivity contribution in [2.24, 2.45) is 0 Å². The zero-order valence-corrected chi connectivity index (χ0v) is 15.9. The van der Waals surface area contributed by atoms with E-state index in [1.54, 1.807) is 0 Å². The third-order valence-electron chi connectivity index (χ3n) is 4.55. The first-order chi connectivity index (χ1) is 14.3. The smallest absolute Gasteiger partial charge is 0.248 e. The molecule has 1 heterocycles. The zero-order valence-electron chi connectivity index (χ0n) is 15.9. The number of nitrogens with zero attached hydrogens (tertiary/aromatic N) is 2. The van der Waals surface area contributed by atoms with E-state index in [0.717, 1.165) is 24.0 Å². The van der Waals surface area contributed by atoms with E-state index in [1.165, 1.54) is 5.56 Å². The second-order valence-electron chi connectivity index (χ2n) is 6.75. The number of carbonyl (C=O) groups is 1. The van der Waals surface area contributed by atoms with Crippen LogP contribution in [-0.2, 0) is 11.2 Å². The number of nitrogens with one attached hydrogen (secondary N) is 1. The molecule has 0 radical (unpaired) electrons. The molecule has 0 aliphatic heterocycles. The Labute approximate surface area is 169 Å². The van der Waals surface area contributed by atoms with Gasteiger partial charge in [-0.25, -0.2) is 0 Å². The molecule has 5 heteroatoms. The normalized spacial score (nSPS) is 10.6. The van der Waals surface area contributed by atoms with Gasteiger partial charge in [0.2, 0.25) is 17.7 Å². The summed E-state index contributed by atoms with van der Waals surface area (Å²) in [4.78, 5) is 12.3. The Morgan fingerprint density at radius 1 is 0.793 bits per heavy atom. The van der Waals surface area contributed by atoms with E-state index in [2.05, 4.69) is 27.6 Å². The Hall–Kier alpha value is -3.73. The van der Waals surface area contributed by atoms with Gasteiger partial charge in [-0.1, -0.05) is 54.6 Å². The number of carbonyl (C=O) groups excluding carboxylic acids is 1. The summed E-state index contributed by atoms with van der Waals surface area (Å²) in [6.07, 6.45) is 2.16. The molecule has 1 amide bonds. The molecule has 3 aromatic carbocycles. The van der Waals surface area contributed by atoms with Gasteiger partial charge in [-0.05, 0) is 48.7 Å². The van der Waals surface area contributed by atoms with Crippen LogP contribution in [0.15, 0.2) is 89.3 Å². The zero-order chi connectivity index (χ0) is 19.9. The van der Waals surface area contributed by atoms with Gasteiger partial charge in [-0.3, -0.25) is 4.79 Å². The second kappa shape index (κ2) is 8.97. The van der Waals surface area contributed by atoms with Crippen LogP contribution in [0, 0.1) is 0 Å².